The van der Waals surface area contributed by atoms with Gasteiger partial charge in [0.1, 0.15) is 0 Å². The molecule has 0 heterocycles. The summed E-state index contributed by atoms with van der Waals surface area (Å²) in [6.45, 7) is 4.48. The number of aliphatic hydroxyl groups is 1. The van der Waals surface area contributed by atoms with E-state index in [-0.39, 0.29) is 0 Å². The topological polar surface area (TPSA) is 44.0 Å². The molecule has 0 aromatic carbocycles. The Labute approximate surface area is 105 Å². The molecule has 17 heavy (non-hydrogen) atoms. The van der Waals surface area contributed by atoms with Crippen molar-refractivity contribution in [2.45, 2.75) is 70.8 Å². The molecule has 2 saturated carbocycles. The highest BCUT2D eigenvalue weighted by molar-refractivity contribution is 5.14. The van der Waals surface area contributed by atoms with Crippen LogP contribution < -0.4 is 0 Å². The highest BCUT2D eigenvalue weighted by Crippen LogP contribution is 2.53. The fraction of sp³-hybridized carbons (Fsp3) is 0.933. The van der Waals surface area contributed by atoms with Crippen molar-refractivity contribution in [3.63, 3.8) is 0 Å². The molecule has 2 heteroatoms. The quantitative estimate of drug-likeness (QED) is 0.705. The van der Waals surface area contributed by atoms with E-state index in [4.69, 9.17) is 0 Å². The van der Waals surface area contributed by atoms with Crippen LogP contribution in [0.5, 0.6) is 0 Å². The van der Waals surface area contributed by atoms with Crippen molar-refractivity contribution < 1.29 is 5.11 Å². The summed E-state index contributed by atoms with van der Waals surface area (Å²) in [4.78, 5) is 0. The lowest BCUT2D eigenvalue weighted by molar-refractivity contribution is -0.0668. The van der Waals surface area contributed by atoms with E-state index < -0.39 is 11.0 Å². The van der Waals surface area contributed by atoms with Crippen LogP contribution in [0.15, 0.2) is 0 Å². The molecule has 0 spiro atoms. The van der Waals surface area contributed by atoms with Gasteiger partial charge in [-0.15, -0.1) is 0 Å². The third-order valence-electron chi connectivity index (χ3n) is 5.20. The summed E-state index contributed by atoms with van der Waals surface area (Å²) in [5.74, 6) is 1.30. The van der Waals surface area contributed by atoms with Crippen LogP contribution in [-0.4, -0.2) is 10.7 Å². The average molecular weight is 235 g/mol. The Morgan fingerprint density at radius 3 is 2.35 bits per heavy atom. The van der Waals surface area contributed by atoms with E-state index in [1.807, 2.05) is 0 Å². The molecule has 2 aliphatic carbocycles. The SMILES string of the molecule is CC1CCCC(O)(C2(C#N)CCC(C)C2)CC1. The number of nitrogens with zero attached hydrogens (tertiary/aromatic N) is 1. The Kier molecular flexibility index (Phi) is 3.50. The second-order valence-electron chi connectivity index (χ2n) is 6.61. The molecule has 0 aromatic heterocycles. The molecule has 4 atom stereocenters. The molecule has 0 amide bonds. The molecule has 0 saturated heterocycles. The van der Waals surface area contributed by atoms with E-state index in [2.05, 4.69) is 19.9 Å². The van der Waals surface area contributed by atoms with E-state index in [0.29, 0.717) is 11.8 Å². The van der Waals surface area contributed by atoms with E-state index >= 15 is 0 Å². The first-order valence-corrected chi connectivity index (χ1v) is 7.15. The van der Waals surface area contributed by atoms with Gasteiger partial charge in [0.2, 0.25) is 0 Å². The minimum absolute atomic E-state index is 0.448. The maximum Gasteiger partial charge on any atom is 0.0862 e. The van der Waals surface area contributed by atoms with Crippen molar-refractivity contribution in [1.29, 1.82) is 5.26 Å². The molecule has 0 aromatic rings. The van der Waals surface area contributed by atoms with Gasteiger partial charge in [-0.25, -0.2) is 0 Å². The monoisotopic (exact) mass is 235 g/mol. The molecule has 0 radical (unpaired) electrons. The first-order chi connectivity index (χ1) is 8.01. The highest BCUT2D eigenvalue weighted by atomic mass is 16.3. The van der Waals surface area contributed by atoms with Gasteiger partial charge in [-0.3, -0.25) is 0 Å². The standard InChI is InChI=1S/C15H25NO/c1-12-4-3-7-15(17,9-6-12)14(11-16)8-5-13(2)10-14/h12-13,17H,3-10H2,1-2H3. The van der Waals surface area contributed by atoms with Gasteiger partial charge in [-0.2, -0.15) is 5.26 Å². The third-order valence-corrected chi connectivity index (χ3v) is 5.20. The van der Waals surface area contributed by atoms with Gasteiger partial charge in [0.25, 0.3) is 0 Å². The summed E-state index contributed by atoms with van der Waals surface area (Å²) in [5.41, 5.74) is -1.16. The second-order valence-corrected chi connectivity index (χ2v) is 6.61. The highest BCUT2D eigenvalue weighted by Gasteiger charge is 2.53. The number of hydrogen-bond acceptors (Lipinski definition) is 2. The minimum atomic E-state index is -0.711. The van der Waals surface area contributed by atoms with Gasteiger partial charge < -0.3 is 5.11 Å². The van der Waals surface area contributed by atoms with Gasteiger partial charge in [-0.05, 0) is 50.4 Å². The molecular formula is C15H25NO. The van der Waals surface area contributed by atoms with Gasteiger partial charge in [0.15, 0.2) is 0 Å². The Bertz CT molecular complexity index is 321. The van der Waals surface area contributed by atoms with E-state index in [1.165, 1.54) is 6.42 Å². The molecule has 1 N–H and O–H groups in total. The van der Waals surface area contributed by atoms with Crippen molar-refractivity contribution >= 4 is 0 Å². The zero-order valence-electron chi connectivity index (χ0n) is 11.2. The molecule has 0 bridgehead atoms. The summed E-state index contributed by atoms with van der Waals surface area (Å²) >= 11 is 0. The fourth-order valence-electron chi connectivity index (χ4n) is 3.90. The predicted octanol–water partition coefficient (Wildman–Crippen LogP) is 3.65. The van der Waals surface area contributed by atoms with Crippen molar-refractivity contribution in [2.75, 3.05) is 0 Å². The van der Waals surface area contributed by atoms with E-state index in [0.717, 1.165) is 44.9 Å². The lowest BCUT2D eigenvalue weighted by Gasteiger charge is -2.40. The van der Waals surface area contributed by atoms with Crippen LogP contribution in [0.3, 0.4) is 0 Å². The smallest absolute Gasteiger partial charge is 0.0862 e. The van der Waals surface area contributed by atoms with Crippen LogP contribution in [-0.2, 0) is 0 Å². The lowest BCUT2D eigenvalue weighted by atomic mass is 9.67. The lowest BCUT2D eigenvalue weighted by Crippen LogP contribution is -2.46. The summed E-state index contributed by atoms with van der Waals surface area (Å²) in [5, 5.41) is 20.6. The van der Waals surface area contributed by atoms with Crippen LogP contribution >= 0.6 is 0 Å². The van der Waals surface area contributed by atoms with Gasteiger partial charge in [0, 0.05) is 0 Å². The number of hydrogen-bond donors (Lipinski definition) is 1. The molecule has 2 nitrogen and oxygen atoms in total. The summed E-state index contributed by atoms with van der Waals surface area (Å²) in [6.07, 6.45) is 7.92. The van der Waals surface area contributed by atoms with Gasteiger partial charge in [-0.1, -0.05) is 26.7 Å². The van der Waals surface area contributed by atoms with Crippen molar-refractivity contribution in [3.8, 4) is 6.07 Å². The molecule has 0 aliphatic heterocycles. The van der Waals surface area contributed by atoms with Crippen molar-refractivity contribution in [3.05, 3.63) is 0 Å². The predicted molar refractivity (Wildman–Crippen MR) is 68.3 cm³/mol. The van der Waals surface area contributed by atoms with Gasteiger partial charge in [0.05, 0.1) is 17.1 Å². The second kappa shape index (κ2) is 4.61. The van der Waals surface area contributed by atoms with E-state index in [9.17, 15) is 10.4 Å². The number of rotatable bonds is 1. The fourth-order valence-corrected chi connectivity index (χ4v) is 3.90. The molecule has 2 rings (SSSR count). The maximum atomic E-state index is 11.0. The molecule has 96 valence electrons. The first kappa shape index (κ1) is 12.9. The average Bonchev–Trinajstić information content (AvgIpc) is 2.61. The Morgan fingerprint density at radius 1 is 1.06 bits per heavy atom. The molecule has 2 fully saturated rings. The zero-order valence-corrected chi connectivity index (χ0v) is 11.2. The third kappa shape index (κ3) is 2.22. The van der Waals surface area contributed by atoms with Crippen LogP contribution in [0.4, 0.5) is 0 Å². The van der Waals surface area contributed by atoms with Gasteiger partial charge >= 0.3 is 0 Å². The zero-order chi connectivity index (χ0) is 12.5. The largest absolute Gasteiger partial charge is 0.388 e. The van der Waals surface area contributed by atoms with Crippen LogP contribution in [0.1, 0.15) is 65.2 Å². The van der Waals surface area contributed by atoms with E-state index in [1.54, 1.807) is 0 Å². The Balaban J connectivity index is 2.21. The maximum absolute atomic E-state index is 11.0. The summed E-state index contributed by atoms with van der Waals surface area (Å²) < 4.78 is 0. The Hall–Kier alpha value is -0.550. The summed E-state index contributed by atoms with van der Waals surface area (Å²) in [7, 11) is 0. The first-order valence-electron chi connectivity index (χ1n) is 7.15. The molecule has 4 unspecified atom stereocenters. The van der Waals surface area contributed by atoms with Crippen molar-refractivity contribution in [2.24, 2.45) is 17.3 Å². The number of nitriles is 1. The normalized spacial score (nSPS) is 47.4. The Morgan fingerprint density at radius 2 is 1.76 bits per heavy atom. The van der Waals surface area contributed by atoms with Crippen LogP contribution in [0.2, 0.25) is 0 Å². The minimum Gasteiger partial charge on any atom is -0.388 e. The molecule has 2 aliphatic rings. The van der Waals surface area contributed by atoms with Crippen molar-refractivity contribution in [1.82, 2.24) is 0 Å². The van der Waals surface area contributed by atoms with Crippen LogP contribution in [0.25, 0.3) is 0 Å². The van der Waals surface area contributed by atoms with Crippen LogP contribution in [0, 0.1) is 28.6 Å². The molecular weight excluding hydrogens is 210 g/mol. The summed E-state index contributed by atoms with van der Waals surface area (Å²) in [6, 6.07) is 2.51.